The molecule has 1 amide bonds. The molecule has 0 saturated carbocycles. The molecule has 0 unspecified atom stereocenters. The SMILES string of the molecule is CN(C)CC(=O)Nc1cncc(-c2ccc3[nH]nc(-c4nc5c(-c6ccsc6)nccc5[nH]4)c3n2)c1. The van der Waals surface area contributed by atoms with Gasteiger partial charge in [-0.3, -0.25) is 19.9 Å². The molecule has 6 heterocycles. The van der Waals surface area contributed by atoms with E-state index in [1.807, 2.05) is 49.8 Å². The predicted octanol–water partition coefficient (Wildman–Crippen LogP) is 4.19. The highest BCUT2D eigenvalue weighted by atomic mass is 32.1. The Bertz CT molecular complexity index is 1700. The van der Waals surface area contributed by atoms with Crippen molar-refractivity contribution in [3.05, 3.63) is 59.7 Å². The maximum Gasteiger partial charge on any atom is 0.238 e. The highest BCUT2D eigenvalue weighted by Crippen LogP contribution is 2.31. The van der Waals surface area contributed by atoms with Crippen molar-refractivity contribution >= 4 is 45.0 Å². The molecule has 6 aromatic heterocycles. The standard InChI is InChI=1S/C25H21N9OS/c1-34(2)12-20(35)28-16-9-15(10-26-11-16)17-3-4-19-23(29-17)24(33-32-19)25-30-18-5-7-27-21(22(18)31-25)14-6-8-36-13-14/h3-11,13H,12H2,1-2H3,(H,28,35)(H,30,31)(H,32,33). The number of fused-ring (bicyclic) bond motifs is 2. The van der Waals surface area contributed by atoms with Gasteiger partial charge in [0.15, 0.2) is 11.5 Å². The van der Waals surface area contributed by atoms with Crippen LogP contribution in [0, 0.1) is 0 Å². The molecular weight excluding hydrogens is 474 g/mol. The maximum absolute atomic E-state index is 12.2. The Morgan fingerprint density at radius 2 is 1.92 bits per heavy atom. The van der Waals surface area contributed by atoms with Crippen LogP contribution in [0.4, 0.5) is 5.69 Å². The minimum atomic E-state index is -0.110. The van der Waals surface area contributed by atoms with Gasteiger partial charge in [0.2, 0.25) is 5.91 Å². The largest absolute Gasteiger partial charge is 0.336 e. The second-order valence-corrected chi connectivity index (χ2v) is 9.35. The number of amides is 1. The molecule has 0 aliphatic rings. The number of hydrogen-bond donors (Lipinski definition) is 3. The number of nitrogens with zero attached hydrogens (tertiary/aromatic N) is 6. The van der Waals surface area contributed by atoms with Gasteiger partial charge in [-0.25, -0.2) is 9.97 Å². The number of carbonyl (C=O) groups excluding carboxylic acids is 1. The second-order valence-electron chi connectivity index (χ2n) is 8.57. The quantitative estimate of drug-likeness (QED) is 0.316. The topological polar surface area (TPSA) is 128 Å². The Morgan fingerprint density at radius 1 is 1.03 bits per heavy atom. The van der Waals surface area contributed by atoms with Crippen molar-refractivity contribution in [2.45, 2.75) is 0 Å². The fraction of sp³-hybridized carbons (Fsp3) is 0.120. The molecule has 0 aliphatic heterocycles. The Morgan fingerprint density at radius 3 is 2.75 bits per heavy atom. The van der Waals surface area contributed by atoms with Crippen LogP contribution < -0.4 is 5.32 Å². The van der Waals surface area contributed by atoms with Crippen molar-refractivity contribution in [3.8, 4) is 34.0 Å². The van der Waals surface area contributed by atoms with E-state index < -0.39 is 0 Å². The minimum Gasteiger partial charge on any atom is -0.336 e. The molecule has 0 spiro atoms. The Labute approximate surface area is 209 Å². The van der Waals surface area contributed by atoms with Crippen LogP contribution in [0.1, 0.15) is 0 Å². The van der Waals surface area contributed by atoms with Crippen molar-refractivity contribution in [1.82, 2.24) is 40.0 Å². The van der Waals surface area contributed by atoms with Gasteiger partial charge < -0.3 is 15.2 Å². The summed E-state index contributed by atoms with van der Waals surface area (Å²) < 4.78 is 0. The van der Waals surface area contributed by atoms with Gasteiger partial charge in [-0.15, -0.1) is 0 Å². The maximum atomic E-state index is 12.2. The molecule has 6 aromatic rings. The summed E-state index contributed by atoms with van der Waals surface area (Å²) in [5.41, 5.74) is 7.68. The minimum absolute atomic E-state index is 0.110. The summed E-state index contributed by atoms with van der Waals surface area (Å²) in [5.74, 6) is 0.494. The van der Waals surface area contributed by atoms with Gasteiger partial charge in [-0.2, -0.15) is 16.4 Å². The van der Waals surface area contributed by atoms with Crippen LogP contribution in [0.15, 0.2) is 59.7 Å². The predicted molar refractivity (Wildman–Crippen MR) is 140 cm³/mol. The number of carbonyl (C=O) groups is 1. The average molecular weight is 496 g/mol. The molecule has 178 valence electrons. The number of hydrogen-bond acceptors (Lipinski definition) is 8. The first-order valence-electron chi connectivity index (χ1n) is 11.2. The fourth-order valence-corrected chi connectivity index (χ4v) is 4.66. The van der Waals surface area contributed by atoms with Gasteiger partial charge in [0.1, 0.15) is 11.0 Å². The van der Waals surface area contributed by atoms with E-state index in [0.717, 1.165) is 33.4 Å². The number of aromatic amines is 2. The molecule has 0 atom stereocenters. The number of anilines is 1. The summed E-state index contributed by atoms with van der Waals surface area (Å²) in [6.45, 7) is 0.286. The third-order valence-corrected chi connectivity index (χ3v) is 6.29. The van der Waals surface area contributed by atoms with E-state index in [1.54, 1.807) is 34.8 Å². The Balaban J connectivity index is 1.38. The number of imidazole rings is 1. The highest BCUT2D eigenvalue weighted by molar-refractivity contribution is 7.08. The molecule has 6 rings (SSSR count). The first-order valence-corrected chi connectivity index (χ1v) is 12.1. The van der Waals surface area contributed by atoms with E-state index in [9.17, 15) is 4.79 Å². The summed E-state index contributed by atoms with van der Waals surface area (Å²) in [7, 11) is 3.69. The number of thiophene rings is 1. The Hall–Kier alpha value is -4.48. The van der Waals surface area contributed by atoms with Crippen LogP contribution in [0.3, 0.4) is 0 Å². The van der Waals surface area contributed by atoms with E-state index >= 15 is 0 Å². The second kappa shape index (κ2) is 8.95. The smallest absolute Gasteiger partial charge is 0.238 e. The zero-order valence-electron chi connectivity index (χ0n) is 19.5. The van der Waals surface area contributed by atoms with Crippen LogP contribution in [0.25, 0.3) is 56.1 Å². The van der Waals surface area contributed by atoms with E-state index in [4.69, 9.17) is 9.97 Å². The van der Waals surface area contributed by atoms with E-state index in [-0.39, 0.29) is 12.5 Å². The normalized spacial score (nSPS) is 11.5. The molecule has 3 N–H and O–H groups in total. The van der Waals surface area contributed by atoms with E-state index in [1.165, 1.54) is 0 Å². The van der Waals surface area contributed by atoms with Gasteiger partial charge in [-0.1, -0.05) is 0 Å². The first-order chi connectivity index (χ1) is 17.5. The number of nitrogens with one attached hydrogen (secondary N) is 3. The van der Waals surface area contributed by atoms with Gasteiger partial charge in [-0.05, 0) is 49.8 Å². The van der Waals surface area contributed by atoms with Crippen molar-refractivity contribution in [3.63, 3.8) is 0 Å². The van der Waals surface area contributed by atoms with E-state index in [0.29, 0.717) is 28.4 Å². The molecule has 0 radical (unpaired) electrons. The van der Waals surface area contributed by atoms with Gasteiger partial charge >= 0.3 is 0 Å². The van der Waals surface area contributed by atoms with Crippen LogP contribution in [0.5, 0.6) is 0 Å². The summed E-state index contributed by atoms with van der Waals surface area (Å²) >= 11 is 1.62. The lowest BCUT2D eigenvalue weighted by molar-refractivity contribution is -0.116. The van der Waals surface area contributed by atoms with Crippen molar-refractivity contribution in [2.75, 3.05) is 26.0 Å². The third kappa shape index (κ3) is 4.10. The molecule has 0 saturated heterocycles. The van der Waals surface area contributed by atoms with Crippen LogP contribution >= 0.6 is 11.3 Å². The molecule has 11 heteroatoms. The van der Waals surface area contributed by atoms with Gasteiger partial charge in [0.05, 0.1) is 40.9 Å². The number of likely N-dealkylation sites (N-methyl/N-ethyl adjacent to an activating group) is 1. The van der Waals surface area contributed by atoms with E-state index in [2.05, 4.69) is 35.8 Å². The number of aromatic nitrogens is 7. The first kappa shape index (κ1) is 22.0. The van der Waals surface area contributed by atoms with Gasteiger partial charge in [0, 0.05) is 28.9 Å². The molecule has 0 aliphatic carbocycles. The molecule has 0 fully saturated rings. The highest BCUT2D eigenvalue weighted by Gasteiger charge is 2.17. The lowest BCUT2D eigenvalue weighted by atomic mass is 10.1. The third-order valence-electron chi connectivity index (χ3n) is 5.61. The zero-order valence-corrected chi connectivity index (χ0v) is 20.3. The molecule has 0 bridgehead atoms. The fourth-order valence-electron chi connectivity index (χ4n) is 4.02. The van der Waals surface area contributed by atoms with Crippen LogP contribution in [-0.4, -0.2) is 66.6 Å². The van der Waals surface area contributed by atoms with Crippen molar-refractivity contribution < 1.29 is 4.79 Å². The van der Waals surface area contributed by atoms with Crippen LogP contribution in [-0.2, 0) is 4.79 Å². The molecule has 0 aromatic carbocycles. The summed E-state index contributed by atoms with van der Waals surface area (Å²) in [5, 5.41) is 14.5. The lowest BCUT2D eigenvalue weighted by Gasteiger charge is -2.10. The lowest BCUT2D eigenvalue weighted by Crippen LogP contribution is -2.27. The molecule has 36 heavy (non-hydrogen) atoms. The van der Waals surface area contributed by atoms with Gasteiger partial charge in [0.25, 0.3) is 0 Å². The number of H-pyrrole nitrogens is 2. The molecular formula is C25H21N9OS. The molecule has 10 nitrogen and oxygen atoms in total. The number of rotatable bonds is 6. The zero-order chi connectivity index (χ0) is 24.6. The van der Waals surface area contributed by atoms with Crippen LogP contribution in [0.2, 0.25) is 0 Å². The monoisotopic (exact) mass is 495 g/mol. The Kier molecular flexibility index (Phi) is 5.47. The summed E-state index contributed by atoms with van der Waals surface area (Å²) in [6.07, 6.45) is 5.11. The number of pyridine rings is 3. The summed E-state index contributed by atoms with van der Waals surface area (Å²) in [6, 6.07) is 9.60. The average Bonchev–Trinajstić information content (AvgIpc) is 3.62. The van der Waals surface area contributed by atoms with Crippen molar-refractivity contribution in [2.24, 2.45) is 0 Å². The summed E-state index contributed by atoms with van der Waals surface area (Å²) in [4.78, 5) is 35.9. The van der Waals surface area contributed by atoms with Crippen molar-refractivity contribution in [1.29, 1.82) is 0 Å².